The fourth-order valence-electron chi connectivity index (χ4n) is 2.72. The molecule has 3 rings (SSSR count). The molecular weight excluding hydrogens is 274 g/mol. The van der Waals surface area contributed by atoms with Gasteiger partial charge in [-0.25, -0.2) is 4.79 Å². The molecule has 0 aliphatic heterocycles. The lowest BCUT2D eigenvalue weighted by Crippen LogP contribution is -2.40. The van der Waals surface area contributed by atoms with Crippen LogP contribution in [0, 0.1) is 0 Å². The lowest BCUT2D eigenvalue weighted by molar-refractivity contribution is 0.237. The number of nitrogens with one attached hydrogen (secondary N) is 2. The van der Waals surface area contributed by atoms with Crippen LogP contribution in [0.1, 0.15) is 36.9 Å². The Morgan fingerprint density at radius 3 is 2.64 bits per heavy atom. The molecule has 1 aromatic heterocycles. The molecule has 1 saturated carbocycles. The Hall–Kier alpha value is -2.36. The number of aromatic nitrogens is 1. The molecule has 1 aliphatic carbocycles. The van der Waals surface area contributed by atoms with E-state index in [9.17, 15) is 4.79 Å². The van der Waals surface area contributed by atoms with E-state index in [2.05, 4.69) is 39.9 Å². The normalized spacial score (nSPS) is 16.6. The zero-order chi connectivity index (χ0) is 15.4. The molecule has 4 heteroatoms. The SMILES string of the molecule is CC(NC(=O)NCC1(c2ccccc2)CC1)c1cccnc1. The molecule has 1 aromatic carbocycles. The van der Waals surface area contributed by atoms with E-state index in [-0.39, 0.29) is 17.5 Å². The van der Waals surface area contributed by atoms with Gasteiger partial charge in [-0.05, 0) is 37.0 Å². The summed E-state index contributed by atoms with van der Waals surface area (Å²) < 4.78 is 0. The van der Waals surface area contributed by atoms with Crippen LogP contribution in [0.2, 0.25) is 0 Å². The molecule has 0 saturated heterocycles. The molecule has 1 aliphatic rings. The molecule has 0 bridgehead atoms. The van der Waals surface area contributed by atoms with Crippen molar-refractivity contribution in [2.45, 2.75) is 31.2 Å². The van der Waals surface area contributed by atoms with Crippen LogP contribution in [-0.2, 0) is 5.41 Å². The second-order valence-electron chi connectivity index (χ2n) is 5.98. The van der Waals surface area contributed by atoms with E-state index in [0.29, 0.717) is 6.54 Å². The number of hydrogen-bond acceptors (Lipinski definition) is 2. The zero-order valence-corrected chi connectivity index (χ0v) is 12.8. The van der Waals surface area contributed by atoms with Gasteiger partial charge in [-0.2, -0.15) is 0 Å². The van der Waals surface area contributed by atoms with Gasteiger partial charge in [-0.15, -0.1) is 0 Å². The summed E-state index contributed by atoms with van der Waals surface area (Å²) in [5.41, 5.74) is 2.45. The minimum Gasteiger partial charge on any atom is -0.337 e. The first kappa shape index (κ1) is 14.6. The van der Waals surface area contributed by atoms with Crippen LogP contribution < -0.4 is 10.6 Å². The van der Waals surface area contributed by atoms with Gasteiger partial charge in [0.05, 0.1) is 6.04 Å². The van der Waals surface area contributed by atoms with Crippen molar-refractivity contribution in [1.82, 2.24) is 15.6 Å². The van der Waals surface area contributed by atoms with Gasteiger partial charge < -0.3 is 10.6 Å². The maximum Gasteiger partial charge on any atom is 0.315 e. The molecule has 114 valence electrons. The molecule has 1 fully saturated rings. The summed E-state index contributed by atoms with van der Waals surface area (Å²) >= 11 is 0. The Morgan fingerprint density at radius 2 is 2.00 bits per heavy atom. The Labute approximate surface area is 131 Å². The number of carbonyl (C=O) groups is 1. The van der Waals surface area contributed by atoms with Gasteiger partial charge in [0.15, 0.2) is 0 Å². The van der Waals surface area contributed by atoms with E-state index >= 15 is 0 Å². The number of amides is 2. The van der Waals surface area contributed by atoms with E-state index in [1.807, 2.05) is 25.1 Å². The second-order valence-corrected chi connectivity index (χ2v) is 5.98. The predicted octanol–water partition coefficient (Wildman–Crippen LogP) is 3.17. The monoisotopic (exact) mass is 295 g/mol. The van der Waals surface area contributed by atoms with Crippen LogP contribution in [-0.4, -0.2) is 17.6 Å². The molecule has 4 nitrogen and oxygen atoms in total. The summed E-state index contributed by atoms with van der Waals surface area (Å²) in [6.45, 7) is 2.64. The Bertz CT molecular complexity index is 623. The van der Waals surface area contributed by atoms with Gasteiger partial charge >= 0.3 is 6.03 Å². The van der Waals surface area contributed by atoms with Crippen molar-refractivity contribution in [3.63, 3.8) is 0 Å². The van der Waals surface area contributed by atoms with Gasteiger partial charge in [0.2, 0.25) is 0 Å². The van der Waals surface area contributed by atoms with E-state index < -0.39 is 0 Å². The topological polar surface area (TPSA) is 54.0 Å². The minimum absolute atomic E-state index is 0.0550. The quantitative estimate of drug-likeness (QED) is 0.890. The maximum absolute atomic E-state index is 12.1. The lowest BCUT2D eigenvalue weighted by Gasteiger charge is -2.19. The third-order valence-electron chi connectivity index (χ3n) is 4.36. The van der Waals surface area contributed by atoms with Crippen LogP contribution in [0.4, 0.5) is 4.79 Å². The third-order valence-corrected chi connectivity index (χ3v) is 4.36. The molecule has 0 spiro atoms. The molecule has 22 heavy (non-hydrogen) atoms. The van der Waals surface area contributed by atoms with Crippen molar-refractivity contribution in [2.75, 3.05) is 6.54 Å². The summed E-state index contributed by atoms with van der Waals surface area (Å²) in [6, 6.07) is 14.1. The van der Waals surface area contributed by atoms with Gasteiger partial charge in [0.1, 0.15) is 0 Å². The lowest BCUT2D eigenvalue weighted by atomic mass is 9.96. The van der Waals surface area contributed by atoms with E-state index in [4.69, 9.17) is 0 Å². The van der Waals surface area contributed by atoms with Crippen molar-refractivity contribution in [2.24, 2.45) is 0 Å². The van der Waals surface area contributed by atoms with Crippen LogP contribution >= 0.6 is 0 Å². The largest absolute Gasteiger partial charge is 0.337 e. The Kier molecular flexibility index (Phi) is 4.09. The number of carbonyl (C=O) groups excluding carboxylic acids is 1. The Balaban J connectivity index is 1.53. The standard InChI is InChI=1S/C18H21N3O/c1-14(15-6-5-11-19-12-15)21-17(22)20-13-18(9-10-18)16-7-3-2-4-8-16/h2-8,11-12,14H,9-10,13H2,1H3,(H2,20,21,22). The van der Waals surface area contributed by atoms with Gasteiger partial charge in [-0.3, -0.25) is 4.98 Å². The zero-order valence-electron chi connectivity index (χ0n) is 12.8. The molecule has 2 N–H and O–H groups in total. The fourth-order valence-corrected chi connectivity index (χ4v) is 2.72. The number of nitrogens with zero attached hydrogens (tertiary/aromatic N) is 1. The highest BCUT2D eigenvalue weighted by Crippen LogP contribution is 2.47. The molecule has 1 heterocycles. The second kappa shape index (κ2) is 6.18. The fraction of sp³-hybridized carbons (Fsp3) is 0.333. The highest BCUT2D eigenvalue weighted by atomic mass is 16.2. The summed E-state index contributed by atoms with van der Waals surface area (Å²) in [6.07, 6.45) is 5.77. The van der Waals surface area contributed by atoms with Crippen molar-refractivity contribution in [3.05, 3.63) is 66.0 Å². The van der Waals surface area contributed by atoms with E-state index in [1.54, 1.807) is 12.4 Å². The maximum atomic E-state index is 12.1. The molecule has 0 radical (unpaired) electrons. The van der Waals surface area contributed by atoms with Crippen molar-refractivity contribution < 1.29 is 4.79 Å². The highest BCUT2D eigenvalue weighted by molar-refractivity contribution is 5.74. The van der Waals surface area contributed by atoms with Crippen LogP contribution in [0.25, 0.3) is 0 Å². The Morgan fingerprint density at radius 1 is 1.23 bits per heavy atom. The minimum atomic E-state index is -0.126. The summed E-state index contributed by atoms with van der Waals surface area (Å²) in [7, 11) is 0. The summed E-state index contributed by atoms with van der Waals surface area (Å²) in [5.74, 6) is 0. The first-order valence-corrected chi connectivity index (χ1v) is 7.69. The number of benzene rings is 1. The van der Waals surface area contributed by atoms with Gasteiger partial charge in [-0.1, -0.05) is 36.4 Å². The highest BCUT2D eigenvalue weighted by Gasteiger charge is 2.44. The van der Waals surface area contributed by atoms with E-state index in [0.717, 1.165) is 18.4 Å². The first-order valence-electron chi connectivity index (χ1n) is 7.69. The number of urea groups is 1. The summed E-state index contributed by atoms with van der Waals surface area (Å²) in [4.78, 5) is 16.2. The number of rotatable bonds is 5. The third kappa shape index (κ3) is 3.27. The summed E-state index contributed by atoms with van der Waals surface area (Å²) in [5, 5.41) is 5.97. The molecule has 1 atom stereocenters. The molecule has 1 unspecified atom stereocenters. The van der Waals surface area contributed by atoms with Crippen molar-refractivity contribution >= 4 is 6.03 Å². The average molecular weight is 295 g/mol. The van der Waals surface area contributed by atoms with Crippen LogP contribution in [0.15, 0.2) is 54.9 Å². The van der Waals surface area contributed by atoms with Crippen LogP contribution in [0.5, 0.6) is 0 Å². The van der Waals surface area contributed by atoms with Crippen molar-refractivity contribution in [3.8, 4) is 0 Å². The predicted molar refractivity (Wildman–Crippen MR) is 86.5 cm³/mol. The average Bonchev–Trinajstić information content (AvgIpc) is 3.36. The van der Waals surface area contributed by atoms with Gasteiger partial charge in [0.25, 0.3) is 0 Å². The van der Waals surface area contributed by atoms with Gasteiger partial charge in [0, 0.05) is 24.4 Å². The smallest absolute Gasteiger partial charge is 0.315 e. The number of pyridine rings is 1. The number of hydrogen-bond donors (Lipinski definition) is 2. The van der Waals surface area contributed by atoms with Crippen LogP contribution in [0.3, 0.4) is 0 Å². The molecule has 2 amide bonds. The molecule has 2 aromatic rings. The van der Waals surface area contributed by atoms with E-state index in [1.165, 1.54) is 5.56 Å². The van der Waals surface area contributed by atoms with Crippen molar-refractivity contribution in [1.29, 1.82) is 0 Å². The molecular formula is C18H21N3O. The first-order chi connectivity index (χ1) is 10.7.